The Morgan fingerprint density at radius 2 is 1.03 bits per heavy atom. The maximum absolute atomic E-state index is 12.4. The van der Waals surface area contributed by atoms with Crippen LogP contribution in [0.15, 0.2) is 58.3 Å². The van der Waals surface area contributed by atoms with Crippen molar-refractivity contribution in [3.8, 4) is 0 Å². The number of rotatable bonds is 5. The normalized spacial score (nSPS) is 17.0. The number of carbonyl (C=O) groups excluding carboxylic acids is 2. The van der Waals surface area contributed by atoms with Crippen LogP contribution in [0.3, 0.4) is 0 Å². The summed E-state index contributed by atoms with van der Waals surface area (Å²) in [5, 5.41) is 3.35. The van der Waals surface area contributed by atoms with Crippen molar-refractivity contribution < 1.29 is 26.4 Å². The first kappa shape index (κ1) is 31.1. The van der Waals surface area contributed by atoms with E-state index in [1.165, 1.54) is 87.3 Å². The van der Waals surface area contributed by atoms with Crippen molar-refractivity contribution in [2.45, 2.75) is 61.2 Å². The van der Waals surface area contributed by atoms with Gasteiger partial charge in [-0.25, -0.2) is 16.8 Å². The predicted octanol–water partition coefficient (Wildman–Crippen LogP) is 4.64. The summed E-state index contributed by atoms with van der Waals surface area (Å²) < 4.78 is 47.7. The summed E-state index contributed by atoms with van der Waals surface area (Å²) in [7, 11) is -2.03. The Bertz CT molecular complexity index is 1160. The van der Waals surface area contributed by atoms with Crippen molar-refractivity contribution in [3.05, 3.63) is 59.7 Å². The molecule has 0 saturated carbocycles. The molecule has 37 heavy (non-hydrogen) atoms. The molecule has 0 aromatic heterocycles. The quantitative estimate of drug-likeness (QED) is 0.411. The molecule has 0 aliphatic carbocycles. The third-order valence-electron chi connectivity index (χ3n) is 5.97. The van der Waals surface area contributed by atoms with Gasteiger partial charge in [-0.05, 0) is 63.0 Å². The topological polar surface area (TPSA) is 118 Å². The van der Waals surface area contributed by atoms with Crippen molar-refractivity contribution in [3.63, 3.8) is 0 Å². The van der Waals surface area contributed by atoms with Crippen molar-refractivity contribution in [1.29, 1.82) is 0 Å². The number of aldehydes is 2. The van der Waals surface area contributed by atoms with Crippen LogP contribution in [0.4, 0.5) is 0 Å². The second-order valence-corrected chi connectivity index (χ2v) is 13.3. The van der Waals surface area contributed by atoms with Gasteiger partial charge in [0, 0.05) is 34.9 Å². The van der Waals surface area contributed by atoms with Crippen molar-refractivity contribution >= 4 is 42.3 Å². The zero-order valence-electron chi connectivity index (χ0n) is 20.8. The van der Waals surface area contributed by atoms with Crippen LogP contribution < -0.4 is 5.32 Å². The second kappa shape index (κ2) is 16.0. The van der Waals surface area contributed by atoms with Crippen molar-refractivity contribution in [1.82, 2.24) is 9.62 Å². The predicted molar refractivity (Wildman–Crippen MR) is 145 cm³/mol. The van der Waals surface area contributed by atoms with Gasteiger partial charge in [0.25, 0.3) is 9.05 Å². The summed E-state index contributed by atoms with van der Waals surface area (Å²) >= 11 is 0. The standard InChI is InChI=1S/C13H17NO3S.C7H5ClO3S.C6H13N/c15-11-12-5-7-13(8-6-12)18(16,17)14-9-3-1-2-4-10-14;8-12(10,11)7-3-1-6(5-9)2-4-7;1-2-4-6-7-5-3-1/h5-8,11H,1-4,9-10H2;1-5H;7H,1-6H2. The number of sulfonamides is 1. The fraction of sp³-hybridized carbons (Fsp3) is 0.462. The van der Waals surface area contributed by atoms with E-state index in [1.807, 2.05) is 0 Å². The van der Waals surface area contributed by atoms with Gasteiger partial charge < -0.3 is 5.32 Å². The Morgan fingerprint density at radius 3 is 1.43 bits per heavy atom. The maximum atomic E-state index is 12.4. The molecule has 0 amide bonds. The molecule has 0 bridgehead atoms. The van der Waals surface area contributed by atoms with Gasteiger partial charge >= 0.3 is 0 Å². The van der Waals surface area contributed by atoms with Crippen LogP contribution in [0, 0.1) is 0 Å². The van der Waals surface area contributed by atoms with Gasteiger partial charge in [0.05, 0.1) is 9.79 Å². The molecule has 2 fully saturated rings. The molecule has 2 aliphatic heterocycles. The van der Waals surface area contributed by atoms with Crippen LogP contribution in [0.5, 0.6) is 0 Å². The number of carbonyl (C=O) groups is 2. The average molecular weight is 571 g/mol. The molecule has 2 aromatic carbocycles. The lowest BCUT2D eigenvalue weighted by atomic mass is 10.2. The fourth-order valence-corrected chi connectivity index (χ4v) is 6.12. The summed E-state index contributed by atoms with van der Waals surface area (Å²) in [5.74, 6) is 0. The van der Waals surface area contributed by atoms with Gasteiger partial charge in [0.1, 0.15) is 12.6 Å². The first-order valence-corrected chi connectivity index (χ1v) is 16.2. The highest BCUT2D eigenvalue weighted by atomic mass is 35.7. The molecule has 2 heterocycles. The Labute approximate surface area is 224 Å². The molecule has 4 rings (SSSR count). The van der Waals surface area contributed by atoms with Crippen LogP contribution in [0.1, 0.15) is 72.1 Å². The van der Waals surface area contributed by atoms with E-state index in [0.29, 0.717) is 36.8 Å². The number of nitrogens with one attached hydrogen (secondary N) is 1. The molecule has 0 unspecified atom stereocenters. The van der Waals surface area contributed by atoms with Crippen LogP contribution in [0.25, 0.3) is 0 Å². The summed E-state index contributed by atoms with van der Waals surface area (Å²) in [6, 6.07) is 11.4. The Kier molecular flexibility index (Phi) is 13.4. The molecule has 0 atom stereocenters. The third kappa shape index (κ3) is 11.0. The van der Waals surface area contributed by atoms with E-state index in [1.54, 1.807) is 4.31 Å². The average Bonchev–Trinajstić information content (AvgIpc) is 3.38. The van der Waals surface area contributed by atoms with Gasteiger partial charge in [-0.1, -0.05) is 49.9 Å². The van der Waals surface area contributed by atoms with Crippen LogP contribution in [0.2, 0.25) is 0 Å². The fourth-order valence-electron chi connectivity index (χ4n) is 3.84. The van der Waals surface area contributed by atoms with Crippen LogP contribution >= 0.6 is 10.7 Å². The molecule has 11 heteroatoms. The van der Waals surface area contributed by atoms with Gasteiger partial charge in [0.2, 0.25) is 10.0 Å². The number of halogens is 1. The van der Waals surface area contributed by atoms with Gasteiger partial charge in [-0.3, -0.25) is 9.59 Å². The summed E-state index contributed by atoms with van der Waals surface area (Å²) in [6.07, 6.45) is 11.0. The Balaban J connectivity index is 0.000000217. The lowest BCUT2D eigenvalue weighted by molar-refractivity contribution is 0.111. The summed E-state index contributed by atoms with van der Waals surface area (Å²) in [4.78, 5) is 21.0. The molecule has 8 nitrogen and oxygen atoms in total. The SMILES string of the molecule is C1CCCNCC1.O=Cc1ccc(S(=O)(=O)Cl)cc1.O=Cc1ccc(S(=O)(=O)N2CCCCCC2)cc1. The highest BCUT2D eigenvalue weighted by molar-refractivity contribution is 8.13. The molecular formula is C26H35ClN2O6S2. The Hall–Kier alpha value is -2.11. The zero-order valence-corrected chi connectivity index (χ0v) is 23.2. The van der Waals surface area contributed by atoms with E-state index in [-0.39, 0.29) is 9.79 Å². The van der Waals surface area contributed by atoms with E-state index < -0.39 is 19.1 Å². The summed E-state index contributed by atoms with van der Waals surface area (Å²) in [6.45, 7) is 3.69. The van der Waals surface area contributed by atoms with Crippen LogP contribution in [-0.4, -0.2) is 59.9 Å². The van der Waals surface area contributed by atoms with E-state index in [9.17, 15) is 26.4 Å². The Morgan fingerprint density at radius 1 is 0.622 bits per heavy atom. The molecule has 2 aliphatic rings. The molecule has 204 valence electrons. The molecular weight excluding hydrogens is 536 g/mol. The zero-order chi connectivity index (χ0) is 27.2. The lowest BCUT2D eigenvalue weighted by Crippen LogP contribution is -2.31. The largest absolute Gasteiger partial charge is 0.317 e. The molecule has 2 aromatic rings. The molecule has 0 spiro atoms. The smallest absolute Gasteiger partial charge is 0.261 e. The lowest BCUT2D eigenvalue weighted by Gasteiger charge is -2.19. The minimum atomic E-state index is -3.67. The number of hydrogen-bond donors (Lipinski definition) is 1. The second-order valence-electron chi connectivity index (χ2n) is 8.79. The van der Waals surface area contributed by atoms with Gasteiger partial charge in [0.15, 0.2) is 0 Å². The minimum absolute atomic E-state index is 0.00485. The maximum Gasteiger partial charge on any atom is 0.261 e. The first-order valence-electron chi connectivity index (χ1n) is 12.4. The minimum Gasteiger partial charge on any atom is -0.317 e. The van der Waals surface area contributed by atoms with E-state index in [0.717, 1.165) is 25.7 Å². The third-order valence-corrected chi connectivity index (χ3v) is 9.26. The van der Waals surface area contributed by atoms with Crippen molar-refractivity contribution in [2.75, 3.05) is 26.2 Å². The van der Waals surface area contributed by atoms with Gasteiger partial charge in [-0.15, -0.1) is 0 Å². The van der Waals surface area contributed by atoms with E-state index in [2.05, 4.69) is 5.32 Å². The number of hydrogen-bond acceptors (Lipinski definition) is 7. The first-order chi connectivity index (χ1) is 17.7. The highest BCUT2D eigenvalue weighted by Gasteiger charge is 2.24. The van der Waals surface area contributed by atoms with Crippen molar-refractivity contribution in [2.24, 2.45) is 0 Å². The summed E-state index contributed by atoms with van der Waals surface area (Å²) in [5.41, 5.74) is 0.906. The van der Waals surface area contributed by atoms with E-state index in [4.69, 9.17) is 10.7 Å². The molecule has 0 radical (unpaired) electrons. The van der Waals surface area contributed by atoms with E-state index >= 15 is 0 Å². The number of benzene rings is 2. The molecule has 2 saturated heterocycles. The number of nitrogens with zero attached hydrogens (tertiary/aromatic N) is 1. The van der Waals surface area contributed by atoms with Crippen LogP contribution in [-0.2, 0) is 19.1 Å². The van der Waals surface area contributed by atoms with Gasteiger partial charge in [-0.2, -0.15) is 4.31 Å². The molecule has 1 N–H and O–H groups in total. The highest BCUT2D eigenvalue weighted by Crippen LogP contribution is 2.20. The monoisotopic (exact) mass is 570 g/mol.